The Hall–Kier alpha value is -1.14. The molecular weight excluding hydrogens is 269 g/mol. The van der Waals surface area contributed by atoms with Gasteiger partial charge in [-0.15, -0.1) is 10.2 Å². The first-order chi connectivity index (χ1) is 8.63. The summed E-state index contributed by atoms with van der Waals surface area (Å²) >= 11 is 3.24. The van der Waals surface area contributed by atoms with Gasteiger partial charge in [0.15, 0.2) is 4.34 Å². The van der Waals surface area contributed by atoms with Crippen LogP contribution in [0.15, 0.2) is 28.6 Å². The van der Waals surface area contributed by atoms with Gasteiger partial charge in [0.2, 0.25) is 5.13 Å². The fraction of sp³-hybridized carbons (Fsp3) is 0.333. The van der Waals surface area contributed by atoms with Crippen molar-refractivity contribution in [2.45, 2.75) is 30.0 Å². The first-order valence-electron chi connectivity index (χ1n) is 5.62. The molecule has 0 unspecified atom stereocenters. The highest BCUT2D eigenvalue weighted by molar-refractivity contribution is 8.01. The molecule has 0 atom stereocenters. The molecule has 0 radical (unpaired) electrons. The van der Waals surface area contributed by atoms with Crippen LogP contribution in [0.25, 0.3) is 0 Å². The Morgan fingerprint density at radius 3 is 2.67 bits per heavy atom. The summed E-state index contributed by atoms with van der Waals surface area (Å²) < 4.78 is 13.7. The third kappa shape index (κ3) is 3.96. The minimum Gasteiger partial charge on any atom is -0.356 e. The summed E-state index contributed by atoms with van der Waals surface area (Å²) in [4.78, 5) is 0. The van der Waals surface area contributed by atoms with E-state index in [1.54, 1.807) is 23.9 Å². The average molecular weight is 283 g/mol. The van der Waals surface area contributed by atoms with Crippen LogP contribution in [0.2, 0.25) is 0 Å². The van der Waals surface area contributed by atoms with Crippen molar-refractivity contribution in [1.82, 2.24) is 10.2 Å². The van der Waals surface area contributed by atoms with E-state index in [4.69, 9.17) is 0 Å². The van der Waals surface area contributed by atoms with Crippen LogP contribution in [0.5, 0.6) is 0 Å². The predicted octanol–water partition coefficient (Wildman–Crippen LogP) is 3.79. The molecule has 0 aliphatic heterocycles. The van der Waals surface area contributed by atoms with Gasteiger partial charge >= 0.3 is 0 Å². The largest absolute Gasteiger partial charge is 0.356 e. The highest BCUT2D eigenvalue weighted by Crippen LogP contribution is 2.28. The van der Waals surface area contributed by atoms with E-state index in [-0.39, 0.29) is 5.82 Å². The highest BCUT2D eigenvalue weighted by atomic mass is 32.2. The van der Waals surface area contributed by atoms with Crippen molar-refractivity contribution in [3.8, 4) is 0 Å². The molecule has 1 aromatic heterocycles. The van der Waals surface area contributed by atoms with Crippen molar-refractivity contribution in [2.75, 3.05) is 5.32 Å². The number of benzene rings is 1. The molecule has 0 aliphatic carbocycles. The predicted molar refractivity (Wildman–Crippen MR) is 74.6 cm³/mol. The van der Waals surface area contributed by atoms with E-state index in [1.807, 2.05) is 0 Å². The Bertz CT molecular complexity index is 496. The second-order valence-electron chi connectivity index (χ2n) is 4.02. The summed E-state index contributed by atoms with van der Waals surface area (Å²) in [7, 11) is 0. The van der Waals surface area contributed by atoms with Crippen molar-refractivity contribution in [2.24, 2.45) is 0 Å². The van der Waals surface area contributed by atoms with E-state index in [2.05, 4.69) is 29.4 Å². The minimum atomic E-state index is -0.217. The number of nitrogens with zero attached hydrogens (tertiary/aromatic N) is 2. The lowest BCUT2D eigenvalue weighted by molar-refractivity contribution is 0.627. The molecule has 6 heteroatoms. The number of nitrogens with one attached hydrogen (secondary N) is 1. The molecule has 0 saturated carbocycles. The Morgan fingerprint density at radius 2 is 2.00 bits per heavy atom. The van der Waals surface area contributed by atoms with Crippen LogP contribution < -0.4 is 5.32 Å². The van der Waals surface area contributed by atoms with Gasteiger partial charge < -0.3 is 5.32 Å². The van der Waals surface area contributed by atoms with Crippen LogP contribution in [0.3, 0.4) is 0 Å². The summed E-state index contributed by atoms with van der Waals surface area (Å²) in [6.45, 7) is 4.87. The highest BCUT2D eigenvalue weighted by Gasteiger charge is 2.06. The topological polar surface area (TPSA) is 37.8 Å². The van der Waals surface area contributed by atoms with Crippen LogP contribution in [-0.4, -0.2) is 15.4 Å². The van der Waals surface area contributed by atoms with Crippen molar-refractivity contribution in [3.63, 3.8) is 0 Å². The quantitative estimate of drug-likeness (QED) is 0.847. The molecule has 0 bridgehead atoms. The van der Waals surface area contributed by atoms with E-state index in [0.29, 0.717) is 11.8 Å². The van der Waals surface area contributed by atoms with Crippen molar-refractivity contribution < 1.29 is 4.39 Å². The number of halogens is 1. The summed E-state index contributed by atoms with van der Waals surface area (Å²) in [6, 6.07) is 6.43. The zero-order valence-electron chi connectivity index (χ0n) is 10.2. The lowest BCUT2D eigenvalue weighted by Gasteiger charge is -2.01. The molecule has 0 amide bonds. The van der Waals surface area contributed by atoms with Gasteiger partial charge in [0.05, 0.1) is 0 Å². The normalized spacial score (nSPS) is 10.9. The summed E-state index contributed by atoms with van der Waals surface area (Å²) in [5, 5.41) is 12.6. The van der Waals surface area contributed by atoms with Gasteiger partial charge in [0, 0.05) is 11.8 Å². The smallest absolute Gasteiger partial charge is 0.206 e. The number of hydrogen-bond acceptors (Lipinski definition) is 5. The lowest BCUT2D eigenvalue weighted by atomic mass is 10.2. The van der Waals surface area contributed by atoms with Crippen LogP contribution in [-0.2, 0) is 6.54 Å². The number of anilines is 1. The van der Waals surface area contributed by atoms with Crippen molar-refractivity contribution in [1.29, 1.82) is 0 Å². The van der Waals surface area contributed by atoms with Gasteiger partial charge in [0.25, 0.3) is 0 Å². The van der Waals surface area contributed by atoms with Gasteiger partial charge in [-0.1, -0.05) is 49.1 Å². The Morgan fingerprint density at radius 1 is 1.28 bits per heavy atom. The number of hydrogen-bond donors (Lipinski definition) is 1. The maximum absolute atomic E-state index is 12.7. The average Bonchev–Trinajstić information content (AvgIpc) is 2.75. The summed E-state index contributed by atoms with van der Waals surface area (Å²) in [5.74, 6) is -0.217. The molecule has 0 fully saturated rings. The zero-order valence-corrected chi connectivity index (χ0v) is 11.8. The molecule has 0 saturated heterocycles. The fourth-order valence-corrected chi connectivity index (χ4v) is 3.28. The van der Waals surface area contributed by atoms with E-state index < -0.39 is 0 Å². The summed E-state index contributed by atoms with van der Waals surface area (Å²) in [6.07, 6.45) is 0. The van der Waals surface area contributed by atoms with Crippen LogP contribution in [0, 0.1) is 5.82 Å². The lowest BCUT2D eigenvalue weighted by Crippen LogP contribution is -1.98. The molecule has 0 spiro atoms. The molecule has 2 aromatic rings. The third-order valence-electron chi connectivity index (χ3n) is 2.10. The molecule has 96 valence electrons. The minimum absolute atomic E-state index is 0.217. The Kier molecular flexibility index (Phi) is 4.54. The first kappa shape index (κ1) is 13.3. The second kappa shape index (κ2) is 6.15. The molecule has 1 heterocycles. The molecule has 1 aromatic carbocycles. The van der Waals surface area contributed by atoms with Gasteiger partial charge in [-0.2, -0.15) is 0 Å². The van der Waals surface area contributed by atoms with Crippen LogP contribution >= 0.6 is 23.1 Å². The number of aromatic nitrogens is 2. The van der Waals surface area contributed by atoms with E-state index >= 15 is 0 Å². The van der Waals surface area contributed by atoms with E-state index in [0.717, 1.165) is 15.0 Å². The molecular formula is C12H14FN3S2. The summed E-state index contributed by atoms with van der Waals surface area (Å²) in [5.41, 5.74) is 1.02. The van der Waals surface area contributed by atoms with E-state index in [1.165, 1.54) is 23.5 Å². The van der Waals surface area contributed by atoms with Gasteiger partial charge in [-0.05, 0) is 17.7 Å². The van der Waals surface area contributed by atoms with Crippen LogP contribution in [0.1, 0.15) is 19.4 Å². The zero-order chi connectivity index (χ0) is 13.0. The number of rotatable bonds is 5. The maximum Gasteiger partial charge on any atom is 0.206 e. The fourth-order valence-electron chi connectivity index (χ4n) is 1.31. The van der Waals surface area contributed by atoms with E-state index in [9.17, 15) is 4.39 Å². The van der Waals surface area contributed by atoms with Crippen molar-refractivity contribution in [3.05, 3.63) is 35.6 Å². The van der Waals surface area contributed by atoms with Gasteiger partial charge in [-0.25, -0.2) is 4.39 Å². The molecule has 2 rings (SSSR count). The standard InChI is InChI=1S/C12H14FN3S2/c1-8(2)17-12-16-15-11(18-12)14-7-9-3-5-10(13)6-4-9/h3-6,8H,7H2,1-2H3,(H,14,15). The molecule has 0 aliphatic rings. The Labute approximate surface area is 114 Å². The van der Waals surface area contributed by atoms with Crippen LogP contribution in [0.4, 0.5) is 9.52 Å². The SMILES string of the molecule is CC(C)Sc1nnc(NCc2ccc(F)cc2)s1. The third-order valence-corrected chi connectivity index (χ3v) is 4.07. The molecule has 18 heavy (non-hydrogen) atoms. The Balaban J connectivity index is 1.90. The second-order valence-corrected chi connectivity index (χ2v) is 6.82. The van der Waals surface area contributed by atoms with Gasteiger partial charge in [-0.3, -0.25) is 0 Å². The molecule has 3 nitrogen and oxygen atoms in total. The monoisotopic (exact) mass is 283 g/mol. The maximum atomic E-state index is 12.7. The van der Waals surface area contributed by atoms with Crippen molar-refractivity contribution >= 4 is 28.2 Å². The number of thioether (sulfide) groups is 1. The molecule has 1 N–H and O–H groups in total. The first-order valence-corrected chi connectivity index (χ1v) is 7.31. The van der Waals surface area contributed by atoms with Gasteiger partial charge in [0.1, 0.15) is 5.82 Å².